The van der Waals surface area contributed by atoms with E-state index in [2.05, 4.69) is 39.4 Å². The van der Waals surface area contributed by atoms with Crippen LogP contribution in [0.25, 0.3) is 16.0 Å². The molecule has 0 saturated heterocycles. The topological polar surface area (TPSA) is 55.6 Å². The van der Waals surface area contributed by atoms with Gasteiger partial charge in [-0.15, -0.1) is 0 Å². The van der Waals surface area contributed by atoms with Crippen LogP contribution in [0.1, 0.15) is 48.0 Å². The summed E-state index contributed by atoms with van der Waals surface area (Å²) >= 11 is 0. The second-order valence-electron chi connectivity index (χ2n) is 8.33. The van der Waals surface area contributed by atoms with E-state index in [0.717, 1.165) is 48.8 Å². The van der Waals surface area contributed by atoms with Gasteiger partial charge in [-0.3, -0.25) is 4.79 Å². The molecule has 5 rings (SSSR count). The van der Waals surface area contributed by atoms with Crippen LogP contribution in [-0.2, 0) is 5.54 Å². The maximum Gasteiger partial charge on any atom is 0.251 e. The Kier molecular flexibility index (Phi) is 4.91. The Bertz CT molecular complexity index is 1120. The molecule has 2 fully saturated rings. The van der Waals surface area contributed by atoms with Gasteiger partial charge >= 0.3 is 0 Å². The fourth-order valence-electron chi connectivity index (χ4n) is 3.95. The minimum atomic E-state index is -0.325. The monoisotopic (exact) mass is 409 g/mol. The molecule has 0 spiro atoms. The molecule has 5 nitrogen and oxygen atoms in total. The molecule has 1 amide bonds. The van der Waals surface area contributed by atoms with E-state index in [1.165, 1.54) is 0 Å². The predicted octanol–water partition coefficient (Wildman–Crippen LogP) is 5.65. The number of benzene rings is 2. The number of nitrogens with zero attached hydrogens (tertiary/aromatic N) is 2. The van der Waals surface area contributed by atoms with E-state index in [4.69, 9.17) is 11.3 Å². The van der Waals surface area contributed by atoms with Crippen molar-refractivity contribution in [1.82, 2.24) is 10.3 Å². The lowest BCUT2D eigenvalue weighted by molar-refractivity contribution is 0.0823. The van der Waals surface area contributed by atoms with Crippen LogP contribution in [0, 0.1) is 6.57 Å². The van der Waals surface area contributed by atoms with E-state index in [1.54, 1.807) is 24.3 Å². The van der Waals surface area contributed by atoms with Crippen molar-refractivity contribution in [2.75, 3.05) is 0 Å². The molecule has 2 aromatic carbocycles. The van der Waals surface area contributed by atoms with Crippen molar-refractivity contribution in [3.63, 3.8) is 0 Å². The lowest BCUT2D eigenvalue weighted by Crippen LogP contribution is -2.50. The summed E-state index contributed by atoms with van der Waals surface area (Å²) in [5.41, 5.74) is 4.04. The van der Waals surface area contributed by atoms with Crippen LogP contribution < -0.4 is 10.1 Å². The summed E-state index contributed by atoms with van der Waals surface area (Å²) in [7, 11) is 0. The molecule has 2 aliphatic rings. The number of aromatic nitrogens is 1. The third-order valence-corrected chi connectivity index (χ3v) is 6.14. The van der Waals surface area contributed by atoms with Crippen LogP contribution >= 0.6 is 0 Å². The number of carbonyl (C=O) groups is 1. The summed E-state index contributed by atoms with van der Waals surface area (Å²) in [6, 6.07) is 19.1. The third kappa shape index (κ3) is 4.02. The molecule has 2 aliphatic carbocycles. The molecule has 0 bridgehead atoms. The highest BCUT2D eigenvalue weighted by Crippen LogP contribution is 2.42. The first-order chi connectivity index (χ1) is 15.1. The van der Waals surface area contributed by atoms with Crippen molar-refractivity contribution >= 4 is 11.6 Å². The van der Waals surface area contributed by atoms with Gasteiger partial charge in [-0.05, 0) is 49.3 Å². The largest absolute Gasteiger partial charge is 0.474 e. The SMILES string of the molecule is [C-]#[N+]c1ccc(C(=O)NC2(c3ccc(-c4ccc(OC5CC5)nc4)cc3)CCC2)cc1. The van der Waals surface area contributed by atoms with Gasteiger partial charge < -0.3 is 10.1 Å². The van der Waals surface area contributed by atoms with Crippen molar-refractivity contribution in [2.45, 2.75) is 43.7 Å². The highest BCUT2D eigenvalue weighted by atomic mass is 16.5. The molecular weight excluding hydrogens is 386 g/mol. The van der Waals surface area contributed by atoms with Gasteiger partial charge in [0.05, 0.1) is 12.1 Å². The number of hydrogen-bond acceptors (Lipinski definition) is 3. The molecule has 0 aliphatic heterocycles. The summed E-state index contributed by atoms with van der Waals surface area (Å²) in [6.45, 7) is 7.05. The fourth-order valence-corrected chi connectivity index (χ4v) is 3.95. The zero-order valence-corrected chi connectivity index (χ0v) is 17.2. The van der Waals surface area contributed by atoms with E-state index in [9.17, 15) is 4.79 Å². The lowest BCUT2D eigenvalue weighted by Gasteiger charge is -2.43. The molecule has 31 heavy (non-hydrogen) atoms. The second-order valence-corrected chi connectivity index (χ2v) is 8.33. The highest BCUT2D eigenvalue weighted by molar-refractivity contribution is 5.95. The van der Waals surface area contributed by atoms with E-state index >= 15 is 0 Å². The number of amides is 1. The van der Waals surface area contributed by atoms with Crippen LogP contribution in [0.2, 0.25) is 0 Å². The number of hydrogen-bond donors (Lipinski definition) is 1. The van der Waals surface area contributed by atoms with Gasteiger partial charge in [0.15, 0.2) is 5.69 Å². The molecule has 0 atom stereocenters. The Balaban J connectivity index is 1.31. The molecule has 1 heterocycles. The predicted molar refractivity (Wildman–Crippen MR) is 119 cm³/mol. The Morgan fingerprint density at radius 3 is 2.26 bits per heavy atom. The minimum absolute atomic E-state index is 0.101. The van der Waals surface area contributed by atoms with Crippen molar-refractivity contribution in [3.8, 4) is 17.0 Å². The number of pyridine rings is 1. The average molecular weight is 409 g/mol. The number of nitrogens with one attached hydrogen (secondary N) is 1. The zero-order chi connectivity index (χ0) is 21.3. The Morgan fingerprint density at radius 1 is 1.00 bits per heavy atom. The van der Waals surface area contributed by atoms with E-state index in [0.29, 0.717) is 23.2 Å². The smallest absolute Gasteiger partial charge is 0.251 e. The van der Waals surface area contributed by atoms with Crippen molar-refractivity contribution in [2.24, 2.45) is 0 Å². The lowest BCUT2D eigenvalue weighted by atomic mass is 9.71. The van der Waals surface area contributed by atoms with Crippen LogP contribution in [0.5, 0.6) is 5.88 Å². The number of carbonyl (C=O) groups excluding carboxylic acids is 1. The van der Waals surface area contributed by atoms with E-state index in [1.807, 2.05) is 18.3 Å². The van der Waals surface area contributed by atoms with Crippen LogP contribution in [0.4, 0.5) is 5.69 Å². The molecular formula is C26H23N3O2. The first kappa shape index (κ1) is 19.3. The van der Waals surface area contributed by atoms with E-state index in [-0.39, 0.29) is 11.4 Å². The van der Waals surface area contributed by atoms with Gasteiger partial charge in [0.1, 0.15) is 6.10 Å². The van der Waals surface area contributed by atoms with Crippen LogP contribution in [0.3, 0.4) is 0 Å². The van der Waals surface area contributed by atoms with Gasteiger partial charge in [0.25, 0.3) is 5.91 Å². The van der Waals surface area contributed by atoms with Gasteiger partial charge in [0, 0.05) is 23.4 Å². The summed E-state index contributed by atoms with van der Waals surface area (Å²) in [6.07, 6.45) is 7.37. The minimum Gasteiger partial charge on any atom is -0.474 e. The number of rotatable bonds is 6. The number of ether oxygens (including phenoxy) is 1. The quantitative estimate of drug-likeness (QED) is 0.535. The maximum absolute atomic E-state index is 12.8. The zero-order valence-electron chi connectivity index (χ0n) is 17.2. The Labute approximate surface area is 181 Å². The average Bonchev–Trinajstić information content (AvgIpc) is 3.61. The highest BCUT2D eigenvalue weighted by Gasteiger charge is 2.40. The summed E-state index contributed by atoms with van der Waals surface area (Å²) in [5.74, 6) is 0.583. The first-order valence-electron chi connectivity index (χ1n) is 10.7. The van der Waals surface area contributed by atoms with Crippen LogP contribution in [-0.4, -0.2) is 17.0 Å². The summed E-state index contributed by atoms with van der Waals surface area (Å²) in [4.78, 5) is 20.6. The van der Waals surface area contributed by atoms with Gasteiger partial charge in [-0.2, -0.15) is 0 Å². The van der Waals surface area contributed by atoms with E-state index < -0.39 is 0 Å². The molecule has 2 saturated carbocycles. The molecule has 5 heteroatoms. The van der Waals surface area contributed by atoms with Gasteiger partial charge in [-0.1, -0.05) is 48.5 Å². The normalized spacial score (nSPS) is 16.6. The summed E-state index contributed by atoms with van der Waals surface area (Å²) in [5, 5.41) is 3.25. The standard InChI is InChI=1S/C26H23N3O2/c1-27-22-10-5-19(6-11-22)25(30)29-26(15-2-16-26)21-8-3-18(4-9-21)20-7-14-24(28-17-20)31-23-12-13-23/h3-11,14,17,23H,2,12-13,15-16H2,(H,29,30). The molecule has 1 aromatic heterocycles. The van der Waals surface area contributed by atoms with Crippen LogP contribution in [0.15, 0.2) is 66.9 Å². The molecule has 1 N–H and O–H groups in total. The first-order valence-corrected chi connectivity index (χ1v) is 10.7. The van der Waals surface area contributed by atoms with Crippen molar-refractivity contribution < 1.29 is 9.53 Å². The van der Waals surface area contributed by atoms with Gasteiger partial charge in [-0.25, -0.2) is 9.83 Å². The second kappa shape index (κ2) is 7.88. The van der Waals surface area contributed by atoms with Crippen molar-refractivity contribution in [3.05, 3.63) is 89.4 Å². The molecule has 154 valence electrons. The molecule has 0 radical (unpaired) electrons. The van der Waals surface area contributed by atoms with Gasteiger partial charge in [0.2, 0.25) is 5.88 Å². The molecule has 0 unspecified atom stereocenters. The third-order valence-electron chi connectivity index (χ3n) is 6.14. The fraction of sp³-hybridized carbons (Fsp3) is 0.269. The molecule has 3 aromatic rings. The van der Waals surface area contributed by atoms with Crippen molar-refractivity contribution in [1.29, 1.82) is 0 Å². The summed E-state index contributed by atoms with van der Waals surface area (Å²) < 4.78 is 5.72. The Hall–Kier alpha value is -3.65. The maximum atomic E-state index is 12.8. The Morgan fingerprint density at radius 2 is 1.71 bits per heavy atom.